The molecule has 24 heavy (non-hydrogen) atoms. The van der Waals surface area contributed by atoms with E-state index < -0.39 is 5.97 Å². The lowest BCUT2D eigenvalue weighted by Crippen LogP contribution is -2.02. The van der Waals surface area contributed by atoms with Crippen molar-refractivity contribution in [3.63, 3.8) is 0 Å². The third-order valence-corrected chi connectivity index (χ3v) is 3.55. The summed E-state index contributed by atoms with van der Waals surface area (Å²) in [6, 6.07) is 14.2. The molecule has 0 aliphatic carbocycles. The molecule has 6 nitrogen and oxygen atoms in total. The Hall–Kier alpha value is -2.86. The van der Waals surface area contributed by atoms with Crippen molar-refractivity contribution in [3.05, 3.63) is 59.4 Å². The molecule has 122 valence electrons. The molecule has 3 rings (SSSR count). The van der Waals surface area contributed by atoms with E-state index in [9.17, 15) is 9.90 Å². The number of halogens is 1. The van der Waals surface area contributed by atoms with E-state index in [0.29, 0.717) is 28.7 Å². The van der Waals surface area contributed by atoms with E-state index in [1.165, 1.54) is 4.68 Å². The molecule has 1 aromatic heterocycles. The maximum atomic E-state index is 11.2. The number of rotatable bonds is 5. The van der Waals surface area contributed by atoms with Gasteiger partial charge in [0.1, 0.15) is 5.75 Å². The highest BCUT2D eigenvalue weighted by Crippen LogP contribution is 2.24. The molecule has 1 N–H and O–H groups in total. The highest BCUT2D eigenvalue weighted by Gasteiger charge is 2.18. The monoisotopic (exact) mass is 343 g/mol. The summed E-state index contributed by atoms with van der Waals surface area (Å²) >= 11 is 5.91. The summed E-state index contributed by atoms with van der Waals surface area (Å²) in [6.45, 7) is 2.48. The van der Waals surface area contributed by atoms with Gasteiger partial charge in [-0.2, -0.15) is 0 Å². The number of hydrogen-bond donors (Lipinski definition) is 1. The average Bonchev–Trinajstić information content (AvgIpc) is 3.02. The zero-order chi connectivity index (χ0) is 17.1. The smallest absolute Gasteiger partial charge is 0.375 e. The molecule has 1 heterocycles. The fraction of sp³-hybridized carbons (Fsp3) is 0.118. The molecule has 0 aliphatic heterocycles. The van der Waals surface area contributed by atoms with Crippen LogP contribution in [-0.4, -0.2) is 32.4 Å². The molecule has 2 aromatic carbocycles. The SMILES string of the molecule is CCOc1ccc(-n2nc(C(=O)O)nc2-c2ccc(Cl)cc2)cc1. The van der Waals surface area contributed by atoms with Gasteiger partial charge in [-0.15, -0.1) is 5.10 Å². The Kier molecular flexibility index (Phi) is 4.48. The van der Waals surface area contributed by atoms with Crippen molar-refractivity contribution in [1.29, 1.82) is 0 Å². The van der Waals surface area contributed by atoms with Gasteiger partial charge < -0.3 is 9.84 Å². The van der Waals surface area contributed by atoms with Gasteiger partial charge in [-0.05, 0) is 55.5 Å². The summed E-state index contributed by atoms with van der Waals surface area (Å²) in [6.07, 6.45) is 0. The highest BCUT2D eigenvalue weighted by molar-refractivity contribution is 6.30. The number of aromatic nitrogens is 3. The number of benzene rings is 2. The van der Waals surface area contributed by atoms with Crippen LogP contribution in [0.15, 0.2) is 48.5 Å². The molecule has 0 saturated heterocycles. The van der Waals surface area contributed by atoms with Gasteiger partial charge in [0.05, 0.1) is 12.3 Å². The van der Waals surface area contributed by atoms with Gasteiger partial charge in [-0.1, -0.05) is 11.6 Å². The molecule has 7 heteroatoms. The number of ether oxygens (including phenoxy) is 1. The maximum absolute atomic E-state index is 11.2. The number of carboxylic acids is 1. The summed E-state index contributed by atoms with van der Waals surface area (Å²) in [5.74, 6) is -0.301. The second-order valence-corrected chi connectivity index (χ2v) is 5.35. The first-order valence-corrected chi connectivity index (χ1v) is 7.66. The molecule has 0 fully saturated rings. The molecule has 0 saturated carbocycles. The first-order valence-electron chi connectivity index (χ1n) is 7.28. The van der Waals surface area contributed by atoms with Crippen LogP contribution in [0.25, 0.3) is 17.1 Å². The second-order valence-electron chi connectivity index (χ2n) is 4.91. The fourth-order valence-electron chi connectivity index (χ4n) is 2.22. The van der Waals surface area contributed by atoms with Crippen molar-refractivity contribution < 1.29 is 14.6 Å². The molecule has 0 amide bonds. The maximum Gasteiger partial charge on any atom is 0.375 e. The lowest BCUT2D eigenvalue weighted by atomic mass is 10.2. The number of aromatic carboxylic acids is 1. The van der Waals surface area contributed by atoms with Crippen LogP contribution in [0.5, 0.6) is 5.75 Å². The van der Waals surface area contributed by atoms with Gasteiger partial charge in [0.2, 0.25) is 0 Å². The molecule has 0 atom stereocenters. The molecule has 0 unspecified atom stereocenters. The van der Waals surface area contributed by atoms with Crippen LogP contribution in [-0.2, 0) is 0 Å². The Morgan fingerprint density at radius 3 is 2.42 bits per heavy atom. The van der Waals surface area contributed by atoms with Gasteiger partial charge in [0, 0.05) is 10.6 Å². The second kappa shape index (κ2) is 6.72. The normalized spacial score (nSPS) is 10.6. The zero-order valence-electron chi connectivity index (χ0n) is 12.8. The van der Waals surface area contributed by atoms with E-state index in [1.807, 2.05) is 6.92 Å². The molecule has 0 aliphatic rings. The van der Waals surface area contributed by atoms with Gasteiger partial charge in [0.15, 0.2) is 5.82 Å². The quantitative estimate of drug-likeness (QED) is 0.764. The zero-order valence-corrected chi connectivity index (χ0v) is 13.6. The molecule has 0 radical (unpaired) electrons. The van der Waals surface area contributed by atoms with Crippen molar-refractivity contribution in [2.24, 2.45) is 0 Å². The topological polar surface area (TPSA) is 77.2 Å². The minimum absolute atomic E-state index is 0.270. The van der Waals surface area contributed by atoms with E-state index >= 15 is 0 Å². The van der Waals surface area contributed by atoms with Crippen LogP contribution in [0.1, 0.15) is 17.5 Å². The Morgan fingerprint density at radius 2 is 1.83 bits per heavy atom. The molecule has 0 bridgehead atoms. The Morgan fingerprint density at radius 1 is 1.17 bits per heavy atom. The van der Waals surface area contributed by atoms with Crippen molar-refractivity contribution in [1.82, 2.24) is 14.8 Å². The summed E-state index contributed by atoms with van der Waals surface area (Å²) in [5.41, 5.74) is 1.40. The summed E-state index contributed by atoms with van der Waals surface area (Å²) in [7, 11) is 0. The van der Waals surface area contributed by atoms with Gasteiger partial charge in [-0.3, -0.25) is 0 Å². The van der Waals surface area contributed by atoms with Crippen LogP contribution < -0.4 is 4.74 Å². The van der Waals surface area contributed by atoms with Gasteiger partial charge >= 0.3 is 5.97 Å². The van der Waals surface area contributed by atoms with Crippen LogP contribution in [0.3, 0.4) is 0 Å². The Bertz CT molecular complexity index is 858. The summed E-state index contributed by atoms with van der Waals surface area (Å²) in [5, 5.41) is 13.9. The largest absolute Gasteiger partial charge is 0.494 e. The predicted octanol–water partition coefficient (Wildman–Crippen LogP) is 3.68. The number of carboxylic acid groups (broad SMARTS) is 1. The number of carbonyl (C=O) groups is 1. The van der Waals surface area contributed by atoms with E-state index in [2.05, 4.69) is 10.1 Å². The van der Waals surface area contributed by atoms with E-state index in [1.54, 1.807) is 48.5 Å². The standard InChI is InChI=1S/C17H14ClN3O3/c1-2-24-14-9-7-13(8-10-14)21-16(19-15(20-21)17(22)23)11-3-5-12(18)6-4-11/h3-10H,2H2,1H3,(H,22,23). The van der Waals surface area contributed by atoms with E-state index in [0.717, 1.165) is 5.75 Å². The highest BCUT2D eigenvalue weighted by atomic mass is 35.5. The van der Waals surface area contributed by atoms with Crippen LogP contribution >= 0.6 is 11.6 Å². The molecule has 0 spiro atoms. The molecular formula is C17H14ClN3O3. The minimum atomic E-state index is -1.19. The molecule has 3 aromatic rings. The Labute approximate surface area is 143 Å². The van der Waals surface area contributed by atoms with Crippen LogP contribution in [0, 0.1) is 0 Å². The first kappa shape index (κ1) is 16.0. The van der Waals surface area contributed by atoms with Crippen LogP contribution in [0.4, 0.5) is 0 Å². The van der Waals surface area contributed by atoms with E-state index in [-0.39, 0.29) is 5.82 Å². The van der Waals surface area contributed by atoms with Crippen LogP contribution in [0.2, 0.25) is 5.02 Å². The Balaban J connectivity index is 2.08. The summed E-state index contributed by atoms with van der Waals surface area (Å²) in [4.78, 5) is 15.4. The number of hydrogen-bond acceptors (Lipinski definition) is 4. The van der Waals surface area contributed by atoms with Crippen molar-refractivity contribution in [3.8, 4) is 22.8 Å². The van der Waals surface area contributed by atoms with Crippen molar-refractivity contribution in [2.75, 3.05) is 6.61 Å². The third-order valence-electron chi connectivity index (χ3n) is 3.29. The first-order chi connectivity index (χ1) is 11.6. The minimum Gasteiger partial charge on any atom is -0.494 e. The summed E-state index contributed by atoms with van der Waals surface area (Å²) < 4.78 is 6.90. The fourth-order valence-corrected chi connectivity index (χ4v) is 2.34. The molecular weight excluding hydrogens is 330 g/mol. The van der Waals surface area contributed by atoms with Crippen molar-refractivity contribution in [2.45, 2.75) is 6.92 Å². The predicted molar refractivity (Wildman–Crippen MR) is 89.9 cm³/mol. The van der Waals surface area contributed by atoms with Crippen molar-refractivity contribution >= 4 is 17.6 Å². The lowest BCUT2D eigenvalue weighted by Gasteiger charge is -2.08. The third kappa shape index (κ3) is 3.23. The van der Waals surface area contributed by atoms with Gasteiger partial charge in [0.25, 0.3) is 5.82 Å². The van der Waals surface area contributed by atoms with E-state index in [4.69, 9.17) is 16.3 Å². The average molecular weight is 344 g/mol. The van der Waals surface area contributed by atoms with Gasteiger partial charge in [-0.25, -0.2) is 14.5 Å². The number of nitrogens with zero attached hydrogens (tertiary/aromatic N) is 3. The lowest BCUT2D eigenvalue weighted by molar-refractivity contribution is 0.0683.